The van der Waals surface area contributed by atoms with Gasteiger partial charge in [0, 0.05) is 5.69 Å². The third-order valence-corrected chi connectivity index (χ3v) is 1.75. The molecule has 0 aliphatic heterocycles. The lowest BCUT2D eigenvalue weighted by Gasteiger charge is -2.03. The molecule has 0 aliphatic carbocycles. The molecule has 0 fully saturated rings. The predicted molar refractivity (Wildman–Crippen MR) is 47.9 cm³/mol. The number of carboxylic acid groups (broad SMARTS) is 1. The van der Waals surface area contributed by atoms with E-state index < -0.39 is 17.0 Å². The van der Waals surface area contributed by atoms with E-state index in [-0.39, 0.29) is 17.1 Å². The summed E-state index contributed by atoms with van der Waals surface area (Å²) in [5, 5.41) is 17.2. The van der Waals surface area contributed by atoms with Crippen LogP contribution in [0.15, 0.2) is 4.79 Å². The number of nitrogens with one attached hydrogen (secondary N) is 1. The number of aromatic carboxylic acids is 1. The molecule has 14 heavy (non-hydrogen) atoms. The van der Waals surface area contributed by atoms with Gasteiger partial charge >= 0.3 is 5.97 Å². The maximum Gasteiger partial charge on any atom is 0.341 e. The molecule has 0 saturated heterocycles. The Labute approximate surface area is 78.6 Å². The molecule has 0 radical (unpaired) electrons. The van der Waals surface area contributed by atoms with Crippen LogP contribution >= 0.6 is 0 Å². The summed E-state index contributed by atoms with van der Waals surface area (Å²) < 4.78 is 0. The summed E-state index contributed by atoms with van der Waals surface area (Å²) in [7, 11) is 0. The number of rotatable bonds is 1. The number of anilines is 1. The molecule has 0 saturated carbocycles. The number of nitriles is 1. The first-order chi connectivity index (χ1) is 6.49. The lowest BCUT2D eigenvalue weighted by Crippen LogP contribution is -2.22. The molecule has 72 valence electrons. The molecule has 0 aromatic carbocycles. The van der Waals surface area contributed by atoms with Gasteiger partial charge < -0.3 is 15.8 Å². The van der Waals surface area contributed by atoms with Crippen molar-refractivity contribution in [2.24, 2.45) is 0 Å². The summed E-state index contributed by atoms with van der Waals surface area (Å²) in [6.45, 7) is 1.41. The van der Waals surface area contributed by atoms with Gasteiger partial charge in [-0.3, -0.25) is 4.79 Å². The van der Waals surface area contributed by atoms with Crippen LogP contribution in [0.5, 0.6) is 0 Å². The Kier molecular flexibility index (Phi) is 2.25. The van der Waals surface area contributed by atoms with Crippen LogP contribution in [0, 0.1) is 18.3 Å². The third-order valence-electron chi connectivity index (χ3n) is 1.75. The van der Waals surface area contributed by atoms with Crippen LogP contribution in [0.3, 0.4) is 0 Å². The number of aromatic nitrogens is 1. The van der Waals surface area contributed by atoms with E-state index in [1.54, 1.807) is 6.07 Å². The minimum atomic E-state index is -1.37. The van der Waals surface area contributed by atoms with Crippen LogP contribution in [0.1, 0.15) is 21.6 Å². The van der Waals surface area contributed by atoms with Crippen molar-refractivity contribution < 1.29 is 9.90 Å². The number of hydrogen-bond donors (Lipinski definition) is 3. The molecule has 4 N–H and O–H groups in total. The van der Waals surface area contributed by atoms with Gasteiger partial charge in [0.2, 0.25) is 5.43 Å². The fraction of sp³-hybridized carbons (Fsp3) is 0.125. The highest BCUT2D eigenvalue weighted by molar-refractivity contribution is 5.89. The molecule has 1 aromatic heterocycles. The predicted octanol–water partition coefficient (Wildman–Crippen LogP) is -0.165. The van der Waals surface area contributed by atoms with Gasteiger partial charge in [-0.15, -0.1) is 0 Å². The van der Waals surface area contributed by atoms with E-state index in [1.165, 1.54) is 6.92 Å². The van der Waals surface area contributed by atoms with Gasteiger partial charge in [-0.25, -0.2) is 4.79 Å². The molecule has 0 amide bonds. The molecular weight excluding hydrogens is 186 g/mol. The standard InChI is InChI=1S/C8H7N3O3/c1-3-5(8(13)14)6(12)4(2-9)7(10)11-3/h1H3,(H,13,14)(H3,10,11,12). The van der Waals surface area contributed by atoms with E-state index in [9.17, 15) is 9.59 Å². The number of nitrogens with zero attached hydrogens (tertiary/aromatic N) is 1. The lowest BCUT2D eigenvalue weighted by molar-refractivity contribution is 0.0694. The van der Waals surface area contributed by atoms with E-state index in [0.717, 1.165) is 0 Å². The first kappa shape index (κ1) is 9.80. The van der Waals surface area contributed by atoms with Crippen molar-refractivity contribution in [1.29, 1.82) is 5.26 Å². The van der Waals surface area contributed by atoms with Crippen molar-refractivity contribution in [3.05, 3.63) is 27.0 Å². The minimum absolute atomic E-state index is 0.111. The zero-order chi connectivity index (χ0) is 10.9. The number of carboxylic acids is 1. The van der Waals surface area contributed by atoms with Gasteiger partial charge in [0.15, 0.2) is 0 Å². The molecule has 6 nitrogen and oxygen atoms in total. The number of nitrogen functional groups attached to an aromatic ring is 1. The lowest BCUT2D eigenvalue weighted by atomic mass is 10.1. The Morgan fingerprint density at radius 2 is 2.21 bits per heavy atom. The van der Waals surface area contributed by atoms with Crippen LogP contribution < -0.4 is 11.2 Å². The monoisotopic (exact) mass is 193 g/mol. The van der Waals surface area contributed by atoms with Gasteiger partial charge in [0.05, 0.1) is 0 Å². The SMILES string of the molecule is Cc1[nH]c(N)c(C#N)c(=O)c1C(=O)O. The van der Waals surface area contributed by atoms with Gasteiger partial charge in [-0.05, 0) is 6.92 Å². The fourth-order valence-corrected chi connectivity index (χ4v) is 1.11. The van der Waals surface area contributed by atoms with Gasteiger partial charge in [-0.1, -0.05) is 0 Å². The van der Waals surface area contributed by atoms with Gasteiger partial charge in [0.1, 0.15) is 23.0 Å². The summed E-state index contributed by atoms with van der Waals surface area (Å²) in [4.78, 5) is 24.5. The van der Waals surface area contributed by atoms with Crippen LogP contribution in [0.2, 0.25) is 0 Å². The number of hydrogen-bond acceptors (Lipinski definition) is 4. The van der Waals surface area contributed by atoms with E-state index in [4.69, 9.17) is 16.1 Å². The smallest absolute Gasteiger partial charge is 0.341 e. The minimum Gasteiger partial charge on any atom is -0.477 e. The molecular formula is C8H7N3O3. The maximum atomic E-state index is 11.4. The first-order valence-electron chi connectivity index (χ1n) is 3.64. The van der Waals surface area contributed by atoms with Crippen LogP contribution in [0.25, 0.3) is 0 Å². The second kappa shape index (κ2) is 3.22. The Bertz CT molecular complexity index is 496. The van der Waals surface area contributed by atoms with E-state index >= 15 is 0 Å². The second-order valence-corrected chi connectivity index (χ2v) is 2.66. The van der Waals surface area contributed by atoms with Crippen LogP contribution in [-0.2, 0) is 0 Å². The van der Waals surface area contributed by atoms with Crippen LogP contribution in [0.4, 0.5) is 5.82 Å². The van der Waals surface area contributed by atoms with Crippen molar-refractivity contribution in [3.63, 3.8) is 0 Å². The number of aryl methyl sites for hydroxylation is 1. The van der Waals surface area contributed by atoms with Crippen molar-refractivity contribution in [2.75, 3.05) is 5.73 Å². The molecule has 0 spiro atoms. The van der Waals surface area contributed by atoms with Crippen molar-refractivity contribution in [1.82, 2.24) is 4.98 Å². The highest BCUT2D eigenvalue weighted by Gasteiger charge is 2.17. The molecule has 1 heterocycles. The summed E-state index contributed by atoms with van der Waals surface area (Å²) in [5.41, 5.74) is 3.80. The van der Waals surface area contributed by atoms with Crippen molar-refractivity contribution in [2.45, 2.75) is 6.92 Å². The third kappa shape index (κ3) is 1.31. The topological polar surface area (TPSA) is 120 Å². The normalized spacial score (nSPS) is 9.43. The molecule has 0 atom stereocenters. The summed E-state index contributed by atoms with van der Waals surface area (Å²) in [5.74, 6) is -1.49. The number of nitrogens with two attached hydrogens (primary N) is 1. The molecule has 0 unspecified atom stereocenters. The van der Waals surface area contributed by atoms with Crippen molar-refractivity contribution >= 4 is 11.8 Å². The Morgan fingerprint density at radius 1 is 1.64 bits per heavy atom. The Balaban J connectivity index is 3.72. The Hall–Kier alpha value is -2.29. The second-order valence-electron chi connectivity index (χ2n) is 2.66. The van der Waals surface area contributed by atoms with E-state index in [2.05, 4.69) is 4.98 Å². The number of H-pyrrole nitrogens is 1. The molecule has 1 rings (SSSR count). The fourth-order valence-electron chi connectivity index (χ4n) is 1.11. The van der Waals surface area contributed by atoms with Crippen molar-refractivity contribution in [3.8, 4) is 6.07 Å². The molecule has 0 bridgehead atoms. The highest BCUT2D eigenvalue weighted by Crippen LogP contribution is 2.07. The van der Waals surface area contributed by atoms with E-state index in [0.29, 0.717) is 0 Å². The summed E-state index contributed by atoms with van der Waals surface area (Å²) in [6, 6.07) is 1.55. The summed E-state index contributed by atoms with van der Waals surface area (Å²) in [6.07, 6.45) is 0. The number of carbonyl (C=O) groups is 1. The average Bonchev–Trinajstić information content (AvgIpc) is 2.02. The summed E-state index contributed by atoms with van der Waals surface area (Å²) >= 11 is 0. The largest absolute Gasteiger partial charge is 0.477 e. The molecule has 1 aromatic rings. The molecule has 6 heteroatoms. The first-order valence-corrected chi connectivity index (χ1v) is 3.64. The van der Waals surface area contributed by atoms with Gasteiger partial charge in [0.25, 0.3) is 0 Å². The maximum absolute atomic E-state index is 11.4. The number of aromatic amines is 1. The quantitative estimate of drug-likeness (QED) is 0.572. The van der Waals surface area contributed by atoms with Crippen LogP contribution in [-0.4, -0.2) is 16.1 Å². The Morgan fingerprint density at radius 3 is 2.64 bits per heavy atom. The number of pyridine rings is 1. The highest BCUT2D eigenvalue weighted by atomic mass is 16.4. The average molecular weight is 193 g/mol. The molecule has 0 aliphatic rings. The van der Waals surface area contributed by atoms with Gasteiger partial charge in [-0.2, -0.15) is 5.26 Å². The van der Waals surface area contributed by atoms with E-state index in [1.807, 2.05) is 0 Å². The zero-order valence-electron chi connectivity index (χ0n) is 7.29. The zero-order valence-corrected chi connectivity index (χ0v) is 7.29.